The highest BCUT2D eigenvalue weighted by Gasteiger charge is 2.15. The molecule has 10 nitrogen and oxygen atoms in total. The van der Waals surface area contributed by atoms with Crippen LogP contribution in [0.5, 0.6) is 0 Å². The molecular weight excluding hydrogens is 688 g/mol. The highest BCUT2D eigenvalue weighted by Crippen LogP contribution is 2.35. The number of hydrogen-bond acceptors (Lipinski definition) is 10. The van der Waals surface area contributed by atoms with E-state index < -0.39 is 29.2 Å². The number of esters is 3. The number of carbonyl (C=O) groups is 3. The van der Waals surface area contributed by atoms with Crippen LogP contribution in [0.25, 0.3) is 66.4 Å². The van der Waals surface area contributed by atoms with Crippen molar-refractivity contribution in [3.63, 3.8) is 0 Å². The van der Waals surface area contributed by atoms with Crippen LogP contribution in [0.3, 0.4) is 0 Å². The van der Waals surface area contributed by atoms with Crippen LogP contribution in [-0.4, -0.2) is 38.2 Å². The van der Waals surface area contributed by atoms with E-state index in [1.165, 1.54) is 37.5 Å². The highest BCUT2D eigenvalue weighted by atomic mass is 16.5. The van der Waals surface area contributed by atoms with Gasteiger partial charge in [-0.3, -0.25) is 0 Å². The lowest BCUT2D eigenvalue weighted by molar-refractivity contribution is -0.139. The minimum absolute atomic E-state index is 0.0508. The van der Waals surface area contributed by atoms with Crippen LogP contribution in [0.15, 0.2) is 109 Å². The van der Waals surface area contributed by atoms with Gasteiger partial charge < -0.3 is 23.0 Å². The standard InChI is InChI=1S/C44H38O10/c1-25(2)23-51-38(45)18-8-27-6-13-32-29(20-27)11-16-36-40(32)41-33-14-7-28(9-19-39(46)52-24-26(3)4)21-30(33)12-17-37(41)54-44(49)35-22-31(42(47)50-5)10-15-34(35)43(48)53-36/h6-22,25-26H,23-24H2,1-5H3/b18-8-,19-9+. The maximum atomic E-state index is 13.9. The highest BCUT2D eigenvalue weighted by molar-refractivity contribution is 6.24. The Labute approximate surface area is 309 Å². The van der Waals surface area contributed by atoms with Crippen molar-refractivity contribution in [2.75, 3.05) is 20.3 Å². The lowest BCUT2D eigenvalue weighted by Crippen LogP contribution is -2.07. The number of ether oxygens (including phenoxy) is 3. The lowest BCUT2D eigenvalue weighted by atomic mass is 9.96. The van der Waals surface area contributed by atoms with Crippen LogP contribution in [0, 0.1) is 11.8 Å². The van der Waals surface area contributed by atoms with Gasteiger partial charge >= 0.3 is 29.2 Å². The molecule has 6 aromatic rings. The minimum Gasteiger partial charge on any atom is -0.465 e. The zero-order valence-corrected chi connectivity index (χ0v) is 30.5. The summed E-state index contributed by atoms with van der Waals surface area (Å²) < 4.78 is 27.5. The zero-order valence-electron chi connectivity index (χ0n) is 30.5. The molecule has 0 bridgehead atoms. The van der Waals surface area contributed by atoms with Gasteiger partial charge in [-0.15, -0.1) is 0 Å². The SMILES string of the molecule is COC(=O)c1ccc2c(=O)oc3ccc4cc(/C=C\C(=O)OCC(C)C)ccc4c3c3c(ccc4cc(/C=C/C(=O)OCC(C)C)ccc43)oc(=O)c2c1. The summed E-state index contributed by atoms with van der Waals surface area (Å²) in [4.78, 5) is 64.6. The molecule has 0 aliphatic rings. The van der Waals surface area contributed by atoms with Gasteiger partial charge in [-0.1, -0.05) is 64.1 Å². The molecule has 0 aliphatic heterocycles. The van der Waals surface area contributed by atoms with E-state index >= 15 is 0 Å². The van der Waals surface area contributed by atoms with Crippen molar-refractivity contribution in [1.82, 2.24) is 0 Å². The van der Waals surface area contributed by atoms with Gasteiger partial charge in [0.1, 0.15) is 11.2 Å². The fourth-order valence-corrected chi connectivity index (χ4v) is 5.92. The number of rotatable bonds is 9. The van der Waals surface area contributed by atoms with Crippen LogP contribution >= 0.6 is 0 Å². The van der Waals surface area contributed by atoms with E-state index in [4.69, 9.17) is 23.0 Å². The molecule has 0 spiro atoms. The Hall–Kier alpha value is -6.55. The first-order valence-corrected chi connectivity index (χ1v) is 17.4. The smallest absolute Gasteiger partial charge is 0.344 e. The summed E-state index contributed by atoms with van der Waals surface area (Å²) >= 11 is 0. The van der Waals surface area contributed by atoms with Crippen molar-refractivity contribution < 1.29 is 37.4 Å². The Kier molecular flexibility index (Phi) is 11.0. The number of fused-ring (bicyclic) bond motifs is 8. The summed E-state index contributed by atoms with van der Waals surface area (Å²) in [6.07, 6.45) is 6.05. The maximum absolute atomic E-state index is 13.9. The molecule has 0 amide bonds. The number of carbonyl (C=O) groups excluding carboxylic acids is 3. The van der Waals surface area contributed by atoms with Gasteiger partial charge in [0.15, 0.2) is 0 Å². The first-order valence-electron chi connectivity index (χ1n) is 17.4. The minimum atomic E-state index is -0.881. The molecule has 0 N–H and O–H groups in total. The fourth-order valence-electron chi connectivity index (χ4n) is 5.92. The number of hydrogen-bond donors (Lipinski definition) is 0. The normalized spacial score (nSPS) is 11.8. The predicted octanol–water partition coefficient (Wildman–Crippen LogP) is 8.69. The monoisotopic (exact) mass is 726 g/mol. The topological polar surface area (TPSA) is 139 Å². The summed E-state index contributed by atoms with van der Waals surface area (Å²) in [6.45, 7) is 8.44. The van der Waals surface area contributed by atoms with Crippen molar-refractivity contribution in [2.45, 2.75) is 27.7 Å². The van der Waals surface area contributed by atoms with E-state index in [1.54, 1.807) is 36.4 Å². The van der Waals surface area contributed by atoms with Crippen LogP contribution in [0.2, 0.25) is 0 Å². The van der Waals surface area contributed by atoms with Crippen molar-refractivity contribution in [3.8, 4) is 0 Å². The van der Waals surface area contributed by atoms with E-state index in [-0.39, 0.29) is 39.3 Å². The number of benzene rings is 5. The van der Waals surface area contributed by atoms with E-state index in [1.807, 2.05) is 64.1 Å². The molecule has 0 saturated heterocycles. The second-order valence-electron chi connectivity index (χ2n) is 13.6. The quantitative estimate of drug-likeness (QED) is 0.0808. The largest absolute Gasteiger partial charge is 0.465 e. The Morgan fingerprint density at radius 2 is 1.06 bits per heavy atom. The van der Waals surface area contributed by atoms with Crippen LogP contribution in [0.1, 0.15) is 49.2 Å². The molecule has 1 aromatic heterocycles. The average Bonchev–Trinajstić information content (AvgIpc) is 3.16. The molecule has 0 fully saturated rings. The zero-order chi connectivity index (χ0) is 38.5. The molecule has 0 unspecified atom stereocenters. The maximum Gasteiger partial charge on any atom is 0.344 e. The van der Waals surface area contributed by atoms with Gasteiger partial charge in [-0.05, 0) is 99.1 Å². The molecule has 274 valence electrons. The second kappa shape index (κ2) is 16.0. The van der Waals surface area contributed by atoms with Crippen LogP contribution in [0.4, 0.5) is 0 Å². The van der Waals surface area contributed by atoms with Gasteiger partial charge in [0, 0.05) is 22.9 Å². The van der Waals surface area contributed by atoms with Gasteiger partial charge in [0.05, 0.1) is 36.7 Å². The lowest BCUT2D eigenvalue weighted by Gasteiger charge is -2.09. The molecule has 0 radical (unpaired) electrons. The van der Waals surface area contributed by atoms with E-state index in [0.29, 0.717) is 34.8 Å². The first kappa shape index (κ1) is 37.2. The Morgan fingerprint density at radius 3 is 1.52 bits per heavy atom. The summed E-state index contributed by atoms with van der Waals surface area (Å²) in [7, 11) is 1.21. The molecule has 6 rings (SSSR count). The molecule has 10 heteroatoms. The third-order valence-electron chi connectivity index (χ3n) is 8.49. The fraction of sp³-hybridized carbons (Fsp3) is 0.205. The molecule has 0 aliphatic carbocycles. The summed E-state index contributed by atoms with van der Waals surface area (Å²) in [5, 5.41) is 3.49. The number of methoxy groups -OCH3 is 1. The third-order valence-corrected chi connectivity index (χ3v) is 8.49. The summed E-state index contributed by atoms with van der Waals surface area (Å²) in [6, 6.07) is 21.9. The molecule has 0 atom stereocenters. The summed E-state index contributed by atoms with van der Waals surface area (Å²) in [5.41, 5.74) is 0.148. The summed E-state index contributed by atoms with van der Waals surface area (Å²) in [5.74, 6) is -1.20. The van der Waals surface area contributed by atoms with E-state index in [9.17, 15) is 24.0 Å². The molecule has 54 heavy (non-hydrogen) atoms. The molecule has 5 aromatic carbocycles. The Balaban J connectivity index is 1.65. The van der Waals surface area contributed by atoms with Gasteiger partial charge in [-0.25, -0.2) is 24.0 Å². The van der Waals surface area contributed by atoms with E-state index in [2.05, 4.69) is 0 Å². The van der Waals surface area contributed by atoms with Gasteiger partial charge in [-0.2, -0.15) is 0 Å². The van der Waals surface area contributed by atoms with Gasteiger partial charge in [0.2, 0.25) is 0 Å². The van der Waals surface area contributed by atoms with Crippen LogP contribution in [-0.2, 0) is 23.8 Å². The Morgan fingerprint density at radius 1 is 0.593 bits per heavy atom. The molecule has 0 saturated carbocycles. The average molecular weight is 727 g/mol. The van der Waals surface area contributed by atoms with Crippen molar-refractivity contribution in [1.29, 1.82) is 0 Å². The van der Waals surface area contributed by atoms with Crippen molar-refractivity contribution in [2.24, 2.45) is 11.8 Å². The van der Waals surface area contributed by atoms with Gasteiger partial charge in [0.25, 0.3) is 0 Å². The Bertz CT molecular complexity index is 2710. The predicted molar refractivity (Wildman–Crippen MR) is 210 cm³/mol. The second-order valence-corrected chi connectivity index (χ2v) is 13.6. The van der Waals surface area contributed by atoms with E-state index in [0.717, 1.165) is 21.9 Å². The first-order chi connectivity index (χ1) is 25.9. The molecular formula is C44H38O10. The van der Waals surface area contributed by atoms with Crippen molar-refractivity contribution >= 4 is 84.3 Å². The third kappa shape index (κ3) is 8.23. The van der Waals surface area contributed by atoms with Crippen LogP contribution < -0.4 is 11.3 Å². The molecule has 1 heterocycles. The van der Waals surface area contributed by atoms with Crippen molar-refractivity contribution in [3.05, 3.63) is 129 Å².